The van der Waals surface area contributed by atoms with E-state index < -0.39 is 11.6 Å². The zero-order valence-electron chi connectivity index (χ0n) is 17.0. The first-order chi connectivity index (χ1) is 13.4. The molecule has 2 rings (SSSR count). The quantitative estimate of drug-likeness (QED) is 0.250. The highest BCUT2D eigenvalue weighted by Gasteiger charge is 2.32. The molecule has 0 spiro atoms. The van der Waals surface area contributed by atoms with Crippen LogP contribution in [0.3, 0.4) is 0 Å². The van der Waals surface area contributed by atoms with Crippen molar-refractivity contribution >= 4 is 11.9 Å². The summed E-state index contributed by atoms with van der Waals surface area (Å²) in [7, 11) is 0. The van der Waals surface area contributed by atoms with Crippen molar-refractivity contribution in [2.24, 2.45) is 0 Å². The van der Waals surface area contributed by atoms with Gasteiger partial charge in [0.25, 0.3) is 0 Å². The zero-order valence-corrected chi connectivity index (χ0v) is 17.0. The molecule has 10 nitrogen and oxygen atoms in total. The fourth-order valence-corrected chi connectivity index (χ4v) is 3.59. The SMILES string of the molecule is CC12CNCCNCC(NC(=O)CCCC(=O)O)(CNCCNC1)NCCN2. The molecule has 2 bridgehead atoms. The van der Waals surface area contributed by atoms with Crippen LogP contribution >= 0.6 is 0 Å². The molecule has 2 saturated heterocycles. The van der Waals surface area contributed by atoms with Crippen LogP contribution in [0.4, 0.5) is 0 Å². The van der Waals surface area contributed by atoms with E-state index in [1.54, 1.807) is 0 Å². The smallest absolute Gasteiger partial charge is 0.303 e. The van der Waals surface area contributed by atoms with Crippen molar-refractivity contribution in [2.75, 3.05) is 65.4 Å². The van der Waals surface area contributed by atoms with Gasteiger partial charge in [-0.15, -0.1) is 0 Å². The molecule has 0 unspecified atom stereocenters. The number of amides is 1. The summed E-state index contributed by atoms with van der Waals surface area (Å²) in [6.45, 7) is 9.87. The van der Waals surface area contributed by atoms with Gasteiger partial charge >= 0.3 is 5.97 Å². The number of aliphatic carboxylic acids is 1. The first kappa shape index (κ1) is 23.0. The maximum Gasteiger partial charge on any atom is 0.303 e. The highest BCUT2D eigenvalue weighted by Crippen LogP contribution is 2.05. The van der Waals surface area contributed by atoms with Gasteiger partial charge in [0.05, 0.1) is 0 Å². The normalized spacial score (nSPS) is 30.6. The van der Waals surface area contributed by atoms with Gasteiger partial charge in [0.1, 0.15) is 5.66 Å². The van der Waals surface area contributed by atoms with Gasteiger partial charge in [-0.2, -0.15) is 0 Å². The highest BCUT2D eigenvalue weighted by atomic mass is 16.4. The van der Waals surface area contributed by atoms with Crippen molar-refractivity contribution in [1.82, 2.24) is 37.2 Å². The number of hydrogen-bond donors (Lipinski definition) is 8. The third-order valence-electron chi connectivity index (χ3n) is 5.15. The second kappa shape index (κ2) is 11.6. The molecule has 0 radical (unpaired) electrons. The van der Waals surface area contributed by atoms with Gasteiger partial charge in [-0.05, 0) is 13.3 Å². The first-order valence-electron chi connectivity index (χ1n) is 10.3. The monoisotopic (exact) mass is 399 g/mol. The van der Waals surface area contributed by atoms with Gasteiger partial charge < -0.3 is 37.0 Å². The third-order valence-corrected chi connectivity index (χ3v) is 5.15. The molecule has 1 amide bonds. The lowest BCUT2D eigenvalue weighted by molar-refractivity contribution is -0.137. The minimum Gasteiger partial charge on any atom is -0.481 e. The van der Waals surface area contributed by atoms with Crippen LogP contribution in [0.5, 0.6) is 0 Å². The molecule has 0 atom stereocenters. The summed E-state index contributed by atoms with van der Waals surface area (Å²) in [4.78, 5) is 23.2. The number of hydrogen-bond acceptors (Lipinski definition) is 8. The largest absolute Gasteiger partial charge is 0.481 e. The van der Waals surface area contributed by atoms with E-state index in [4.69, 9.17) is 5.11 Å². The predicted molar refractivity (Wildman–Crippen MR) is 108 cm³/mol. The van der Waals surface area contributed by atoms with Crippen LogP contribution in [-0.4, -0.2) is 93.6 Å². The summed E-state index contributed by atoms with van der Waals surface area (Å²) in [5, 5.41) is 32.9. The average Bonchev–Trinajstić information content (AvgIpc) is 2.62. The molecule has 2 aliphatic heterocycles. The Morgan fingerprint density at radius 3 is 1.93 bits per heavy atom. The highest BCUT2D eigenvalue weighted by molar-refractivity contribution is 5.77. The molecule has 8 N–H and O–H groups in total. The molecule has 162 valence electrons. The van der Waals surface area contributed by atoms with Crippen molar-refractivity contribution in [3.63, 3.8) is 0 Å². The Morgan fingerprint density at radius 2 is 1.36 bits per heavy atom. The van der Waals surface area contributed by atoms with E-state index in [2.05, 4.69) is 44.1 Å². The summed E-state index contributed by atoms with van der Waals surface area (Å²) in [5.74, 6) is -1.01. The van der Waals surface area contributed by atoms with E-state index in [1.165, 1.54) is 0 Å². The molecule has 10 heteroatoms. The standard InChI is InChI=1S/C18H37N7O3/c1-17-11-19-5-7-21-13-18(24-10-9-23-17,14-22-8-6-20-12-17)25-15(26)3-2-4-16(27)28/h19-24H,2-14H2,1H3,(H,25,26)(H,27,28). The Labute approximate surface area is 167 Å². The average molecular weight is 400 g/mol. The third kappa shape index (κ3) is 8.38. The second-order valence-corrected chi connectivity index (χ2v) is 8.00. The van der Waals surface area contributed by atoms with Gasteiger partial charge in [0, 0.05) is 83.8 Å². The summed E-state index contributed by atoms with van der Waals surface area (Å²) >= 11 is 0. The van der Waals surface area contributed by atoms with Gasteiger partial charge in [0.15, 0.2) is 0 Å². The molecular formula is C18H37N7O3. The van der Waals surface area contributed by atoms with Gasteiger partial charge in [-0.1, -0.05) is 0 Å². The number of carboxylic acids is 1. The van der Waals surface area contributed by atoms with E-state index in [0.717, 1.165) is 45.8 Å². The van der Waals surface area contributed by atoms with Gasteiger partial charge in [0.2, 0.25) is 5.91 Å². The summed E-state index contributed by atoms with van der Waals surface area (Å²) < 4.78 is 0. The second-order valence-electron chi connectivity index (χ2n) is 8.00. The van der Waals surface area contributed by atoms with Crippen LogP contribution < -0.4 is 37.2 Å². The number of nitrogens with one attached hydrogen (secondary N) is 7. The Bertz CT molecular complexity index is 488. The molecule has 2 heterocycles. The van der Waals surface area contributed by atoms with Crippen LogP contribution in [0.15, 0.2) is 0 Å². The Balaban J connectivity index is 2.06. The summed E-state index contributed by atoms with van der Waals surface area (Å²) in [5.41, 5.74) is -0.681. The number of carbonyl (C=O) groups excluding carboxylic acids is 1. The maximum absolute atomic E-state index is 12.5. The van der Waals surface area contributed by atoms with E-state index in [1.807, 2.05) is 0 Å². The number of fused-ring (bicyclic) bond motifs is 5. The number of rotatable bonds is 5. The summed E-state index contributed by atoms with van der Waals surface area (Å²) in [6, 6.07) is 0. The molecule has 28 heavy (non-hydrogen) atoms. The molecule has 2 fully saturated rings. The molecule has 0 aromatic rings. The van der Waals surface area contributed by atoms with Crippen molar-refractivity contribution in [3.05, 3.63) is 0 Å². The fourth-order valence-electron chi connectivity index (χ4n) is 3.59. The summed E-state index contributed by atoms with van der Waals surface area (Å²) in [6.07, 6.45) is 0.547. The fraction of sp³-hybridized carbons (Fsp3) is 0.889. The van der Waals surface area contributed by atoms with Gasteiger partial charge in [-0.25, -0.2) is 0 Å². The molecule has 2 aliphatic rings. The van der Waals surface area contributed by atoms with E-state index in [0.29, 0.717) is 26.1 Å². The van der Waals surface area contributed by atoms with E-state index >= 15 is 0 Å². The minimum atomic E-state index is -0.876. The lowest BCUT2D eigenvalue weighted by atomic mass is 10.0. The van der Waals surface area contributed by atoms with Crippen molar-refractivity contribution in [2.45, 2.75) is 37.4 Å². The number of carboxylic acid groups (broad SMARTS) is 1. The molecule has 0 saturated carbocycles. The lowest BCUT2D eigenvalue weighted by Crippen LogP contribution is -2.70. The van der Waals surface area contributed by atoms with Crippen molar-refractivity contribution in [3.8, 4) is 0 Å². The Morgan fingerprint density at radius 1 is 0.821 bits per heavy atom. The topological polar surface area (TPSA) is 139 Å². The van der Waals surface area contributed by atoms with Crippen LogP contribution in [0.25, 0.3) is 0 Å². The van der Waals surface area contributed by atoms with Crippen LogP contribution in [0, 0.1) is 0 Å². The zero-order chi connectivity index (χ0) is 20.3. The van der Waals surface area contributed by atoms with Gasteiger partial charge in [-0.3, -0.25) is 14.9 Å². The molecule has 0 aliphatic carbocycles. The van der Waals surface area contributed by atoms with Crippen LogP contribution in [0.2, 0.25) is 0 Å². The molecule has 0 aromatic carbocycles. The lowest BCUT2D eigenvalue weighted by Gasteiger charge is -2.39. The van der Waals surface area contributed by atoms with Crippen LogP contribution in [-0.2, 0) is 9.59 Å². The predicted octanol–water partition coefficient (Wildman–Crippen LogP) is -2.62. The van der Waals surface area contributed by atoms with Crippen molar-refractivity contribution < 1.29 is 14.7 Å². The van der Waals surface area contributed by atoms with E-state index in [9.17, 15) is 9.59 Å². The molecular weight excluding hydrogens is 362 g/mol. The minimum absolute atomic E-state index is 0.00416. The van der Waals surface area contributed by atoms with E-state index in [-0.39, 0.29) is 24.3 Å². The maximum atomic E-state index is 12.5. The Kier molecular flexibility index (Phi) is 9.56. The van der Waals surface area contributed by atoms with Crippen LogP contribution in [0.1, 0.15) is 26.2 Å². The Hall–Kier alpha value is -1.30. The van der Waals surface area contributed by atoms with Crippen molar-refractivity contribution in [1.29, 1.82) is 0 Å². The first-order valence-corrected chi connectivity index (χ1v) is 10.3. The molecule has 0 aromatic heterocycles. The number of carbonyl (C=O) groups is 2.